The van der Waals surface area contributed by atoms with Crippen molar-refractivity contribution in [1.29, 1.82) is 0 Å². The number of fused-ring (bicyclic) bond motifs is 1. The normalized spacial score (nSPS) is 11.0. The molecule has 0 aliphatic carbocycles. The van der Waals surface area contributed by atoms with Crippen LogP contribution in [0, 0.1) is 6.92 Å². The summed E-state index contributed by atoms with van der Waals surface area (Å²) >= 11 is 6.14. The highest BCUT2D eigenvalue weighted by molar-refractivity contribution is 6.35. The van der Waals surface area contributed by atoms with Crippen molar-refractivity contribution in [2.45, 2.75) is 19.8 Å². The number of rotatable bonds is 3. The predicted octanol–water partition coefficient (Wildman–Crippen LogP) is 2.38. The average Bonchev–Trinajstić information content (AvgIpc) is 2.32. The summed E-state index contributed by atoms with van der Waals surface area (Å²) in [7, 11) is 0. The lowest BCUT2D eigenvalue weighted by molar-refractivity contribution is 0.824. The number of pyridine rings is 1. The number of aromatic nitrogens is 1. The lowest BCUT2D eigenvalue weighted by atomic mass is 10.1. The molecular formula is C13H15ClN2O. The number of nitrogens with one attached hydrogen (secondary N) is 1. The molecule has 0 aliphatic heterocycles. The Bertz CT molecular complexity index is 604. The molecule has 0 saturated carbocycles. The maximum absolute atomic E-state index is 11.9. The molecule has 1 aromatic heterocycles. The minimum absolute atomic E-state index is 0.0451. The number of aromatic amines is 1. The molecule has 0 aliphatic rings. The molecule has 1 aromatic carbocycles. The maximum Gasteiger partial charge on any atom is 0.251 e. The van der Waals surface area contributed by atoms with Crippen molar-refractivity contribution in [1.82, 2.24) is 4.98 Å². The number of benzene rings is 1. The van der Waals surface area contributed by atoms with E-state index in [0.29, 0.717) is 18.0 Å². The van der Waals surface area contributed by atoms with E-state index in [0.717, 1.165) is 28.5 Å². The molecule has 1 heterocycles. The summed E-state index contributed by atoms with van der Waals surface area (Å²) in [6.45, 7) is 2.53. The quantitative estimate of drug-likeness (QED) is 0.879. The molecule has 3 nitrogen and oxygen atoms in total. The third kappa shape index (κ3) is 2.35. The van der Waals surface area contributed by atoms with Crippen molar-refractivity contribution >= 4 is 22.5 Å². The highest BCUT2D eigenvalue weighted by atomic mass is 35.5. The smallest absolute Gasteiger partial charge is 0.251 e. The van der Waals surface area contributed by atoms with Gasteiger partial charge in [-0.1, -0.05) is 17.7 Å². The highest BCUT2D eigenvalue weighted by Crippen LogP contribution is 2.24. The van der Waals surface area contributed by atoms with Gasteiger partial charge in [0.25, 0.3) is 5.56 Å². The largest absolute Gasteiger partial charge is 0.330 e. The number of hydrogen-bond donors (Lipinski definition) is 2. The van der Waals surface area contributed by atoms with E-state index in [1.807, 2.05) is 25.1 Å². The average molecular weight is 251 g/mol. The molecule has 90 valence electrons. The van der Waals surface area contributed by atoms with Crippen molar-refractivity contribution < 1.29 is 0 Å². The molecule has 0 amide bonds. The Morgan fingerprint density at radius 1 is 1.41 bits per heavy atom. The molecule has 0 spiro atoms. The zero-order valence-electron chi connectivity index (χ0n) is 9.72. The second kappa shape index (κ2) is 4.90. The summed E-state index contributed by atoms with van der Waals surface area (Å²) in [5.74, 6) is 0. The van der Waals surface area contributed by atoms with Crippen LogP contribution >= 0.6 is 11.6 Å². The third-order valence-corrected chi connectivity index (χ3v) is 3.23. The lowest BCUT2D eigenvalue weighted by Crippen LogP contribution is -2.14. The van der Waals surface area contributed by atoms with Crippen LogP contribution in [0.1, 0.15) is 17.5 Å². The van der Waals surface area contributed by atoms with Crippen molar-refractivity contribution in [2.75, 3.05) is 6.54 Å². The minimum atomic E-state index is -0.0451. The lowest BCUT2D eigenvalue weighted by Gasteiger charge is -2.06. The topological polar surface area (TPSA) is 58.9 Å². The number of halogens is 1. The van der Waals surface area contributed by atoms with Gasteiger partial charge < -0.3 is 10.7 Å². The Morgan fingerprint density at radius 3 is 2.88 bits per heavy atom. The van der Waals surface area contributed by atoms with E-state index in [1.54, 1.807) is 0 Å². The molecular weight excluding hydrogens is 236 g/mol. The third-order valence-electron chi connectivity index (χ3n) is 2.90. The van der Waals surface area contributed by atoms with Crippen molar-refractivity contribution in [3.8, 4) is 0 Å². The van der Waals surface area contributed by atoms with E-state index in [4.69, 9.17) is 17.3 Å². The van der Waals surface area contributed by atoms with Crippen molar-refractivity contribution in [3.05, 3.63) is 44.7 Å². The summed E-state index contributed by atoms with van der Waals surface area (Å²) in [6, 6.07) is 5.63. The number of nitrogens with two attached hydrogens (primary N) is 1. The molecule has 2 rings (SSSR count). The van der Waals surface area contributed by atoms with Gasteiger partial charge >= 0.3 is 0 Å². The monoisotopic (exact) mass is 250 g/mol. The van der Waals surface area contributed by atoms with Gasteiger partial charge in [-0.3, -0.25) is 4.79 Å². The Hall–Kier alpha value is -1.32. The standard InChI is InChI=1S/C13H15ClN2O/c1-8-4-5-11(14)10-7-9(3-2-6-15)13(17)16-12(8)10/h4-5,7H,2-3,6,15H2,1H3,(H,16,17). The van der Waals surface area contributed by atoms with Gasteiger partial charge in [0.05, 0.1) is 5.52 Å². The van der Waals surface area contributed by atoms with Gasteiger partial charge in [-0.15, -0.1) is 0 Å². The van der Waals surface area contributed by atoms with E-state index >= 15 is 0 Å². The highest BCUT2D eigenvalue weighted by Gasteiger charge is 2.07. The van der Waals surface area contributed by atoms with Gasteiger partial charge in [0.15, 0.2) is 0 Å². The number of H-pyrrole nitrogens is 1. The molecule has 0 saturated heterocycles. The van der Waals surface area contributed by atoms with Crippen molar-refractivity contribution in [2.24, 2.45) is 5.73 Å². The second-order valence-electron chi connectivity index (χ2n) is 4.17. The van der Waals surface area contributed by atoms with Crippen LogP contribution in [-0.4, -0.2) is 11.5 Å². The fraction of sp³-hybridized carbons (Fsp3) is 0.308. The summed E-state index contributed by atoms with van der Waals surface area (Å²) in [6.07, 6.45) is 1.49. The minimum Gasteiger partial charge on any atom is -0.330 e. The van der Waals surface area contributed by atoms with Crippen LogP contribution in [0.5, 0.6) is 0 Å². The first-order chi connectivity index (χ1) is 8.13. The van der Waals surface area contributed by atoms with Gasteiger partial charge in [-0.05, 0) is 44.0 Å². The molecule has 0 bridgehead atoms. The Morgan fingerprint density at radius 2 is 2.18 bits per heavy atom. The molecule has 2 aromatic rings. The first-order valence-electron chi connectivity index (χ1n) is 5.64. The Balaban J connectivity index is 2.63. The van der Waals surface area contributed by atoms with Crippen LogP contribution in [0.25, 0.3) is 10.9 Å². The first kappa shape index (κ1) is 12.1. The van der Waals surface area contributed by atoms with Gasteiger partial charge in [0.1, 0.15) is 0 Å². The van der Waals surface area contributed by atoms with E-state index in [-0.39, 0.29) is 5.56 Å². The van der Waals surface area contributed by atoms with Crippen LogP contribution in [-0.2, 0) is 6.42 Å². The van der Waals surface area contributed by atoms with E-state index < -0.39 is 0 Å². The fourth-order valence-corrected chi connectivity index (χ4v) is 2.13. The van der Waals surface area contributed by atoms with E-state index in [2.05, 4.69) is 4.98 Å². The van der Waals surface area contributed by atoms with Crippen LogP contribution in [0.2, 0.25) is 5.02 Å². The molecule has 0 fully saturated rings. The first-order valence-corrected chi connectivity index (χ1v) is 6.02. The summed E-state index contributed by atoms with van der Waals surface area (Å²) < 4.78 is 0. The van der Waals surface area contributed by atoms with Gasteiger partial charge in [-0.25, -0.2) is 0 Å². The maximum atomic E-state index is 11.9. The summed E-state index contributed by atoms with van der Waals surface area (Å²) in [4.78, 5) is 14.8. The van der Waals surface area contributed by atoms with Gasteiger partial charge in [0, 0.05) is 16.0 Å². The second-order valence-corrected chi connectivity index (χ2v) is 4.58. The van der Waals surface area contributed by atoms with Crippen LogP contribution in [0.4, 0.5) is 0 Å². The van der Waals surface area contributed by atoms with Crippen molar-refractivity contribution in [3.63, 3.8) is 0 Å². The fourth-order valence-electron chi connectivity index (χ4n) is 1.92. The summed E-state index contributed by atoms with van der Waals surface area (Å²) in [5.41, 5.74) is 7.99. The molecule has 0 unspecified atom stereocenters. The van der Waals surface area contributed by atoms with Gasteiger partial charge in [-0.2, -0.15) is 0 Å². The molecule has 4 heteroatoms. The van der Waals surface area contributed by atoms with E-state index in [1.165, 1.54) is 0 Å². The molecule has 0 radical (unpaired) electrons. The Kier molecular flexibility index (Phi) is 3.50. The van der Waals surface area contributed by atoms with Crippen LogP contribution in [0.3, 0.4) is 0 Å². The zero-order chi connectivity index (χ0) is 12.4. The predicted molar refractivity (Wildman–Crippen MR) is 71.7 cm³/mol. The Labute approximate surface area is 105 Å². The summed E-state index contributed by atoms with van der Waals surface area (Å²) in [5, 5.41) is 1.56. The SMILES string of the molecule is Cc1ccc(Cl)c2cc(CCCN)c(=O)[nH]c12. The van der Waals surface area contributed by atoms with Crippen LogP contribution < -0.4 is 11.3 Å². The molecule has 17 heavy (non-hydrogen) atoms. The van der Waals surface area contributed by atoms with E-state index in [9.17, 15) is 4.79 Å². The van der Waals surface area contributed by atoms with Gasteiger partial charge in [0.2, 0.25) is 0 Å². The molecule has 0 atom stereocenters. The number of aryl methyl sites for hydroxylation is 2. The van der Waals surface area contributed by atoms with Crippen LogP contribution in [0.15, 0.2) is 23.0 Å². The zero-order valence-corrected chi connectivity index (χ0v) is 10.5. The molecule has 3 N–H and O–H groups in total. The number of hydrogen-bond acceptors (Lipinski definition) is 2.